The van der Waals surface area contributed by atoms with Gasteiger partial charge in [0, 0.05) is 13.1 Å². The summed E-state index contributed by atoms with van der Waals surface area (Å²) >= 11 is 0. The molecule has 1 saturated heterocycles. The Morgan fingerprint density at radius 3 is 2.56 bits per heavy atom. The van der Waals surface area contributed by atoms with Crippen LogP contribution in [0.2, 0.25) is 0 Å². The first kappa shape index (κ1) is 13.5. The van der Waals surface area contributed by atoms with E-state index >= 15 is 0 Å². The van der Waals surface area contributed by atoms with Gasteiger partial charge in [-0.2, -0.15) is 0 Å². The van der Waals surface area contributed by atoms with Crippen molar-refractivity contribution in [3.63, 3.8) is 0 Å². The van der Waals surface area contributed by atoms with Gasteiger partial charge in [0.05, 0.1) is 6.04 Å². The third kappa shape index (κ3) is 3.78. The van der Waals surface area contributed by atoms with Crippen molar-refractivity contribution >= 4 is 5.91 Å². The highest BCUT2D eigenvalue weighted by molar-refractivity contribution is 5.81. The maximum Gasteiger partial charge on any atom is 0.239 e. The molecule has 0 spiro atoms. The van der Waals surface area contributed by atoms with Crippen molar-refractivity contribution in [3.05, 3.63) is 0 Å². The summed E-state index contributed by atoms with van der Waals surface area (Å²) in [4.78, 5) is 14.1. The van der Waals surface area contributed by atoms with Crippen LogP contribution >= 0.6 is 0 Å². The van der Waals surface area contributed by atoms with E-state index in [1.165, 1.54) is 6.42 Å². The van der Waals surface area contributed by atoms with Crippen LogP contribution in [0.1, 0.15) is 47.0 Å². The molecule has 16 heavy (non-hydrogen) atoms. The highest BCUT2D eigenvalue weighted by Gasteiger charge is 2.31. The van der Waals surface area contributed by atoms with E-state index in [-0.39, 0.29) is 17.4 Å². The quantitative estimate of drug-likeness (QED) is 0.800. The maximum absolute atomic E-state index is 12.1. The van der Waals surface area contributed by atoms with Crippen LogP contribution in [0.5, 0.6) is 0 Å². The molecule has 1 heterocycles. The fourth-order valence-electron chi connectivity index (χ4n) is 2.45. The van der Waals surface area contributed by atoms with E-state index in [1.807, 2.05) is 4.90 Å². The predicted octanol–water partition coefficient (Wildman–Crippen LogP) is 2.01. The lowest BCUT2D eigenvalue weighted by Gasteiger charge is -2.39. The average Bonchev–Trinajstić information content (AvgIpc) is 2.13. The Morgan fingerprint density at radius 2 is 2.06 bits per heavy atom. The van der Waals surface area contributed by atoms with Crippen molar-refractivity contribution in [1.82, 2.24) is 4.90 Å². The van der Waals surface area contributed by atoms with Gasteiger partial charge in [-0.25, -0.2) is 0 Å². The zero-order valence-corrected chi connectivity index (χ0v) is 11.1. The van der Waals surface area contributed by atoms with Crippen LogP contribution in [0.4, 0.5) is 0 Å². The molecule has 2 N–H and O–H groups in total. The summed E-state index contributed by atoms with van der Waals surface area (Å²) in [7, 11) is 0. The molecule has 1 fully saturated rings. The Morgan fingerprint density at radius 1 is 1.44 bits per heavy atom. The second-order valence-electron chi connectivity index (χ2n) is 6.26. The molecule has 1 aliphatic rings. The smallest absolute Gasteiger partial charge is 0.239 e. The minimum Gasteiger partial charge on any atom is -0.341 e. The van der Waals surface area contributed by atoms with E-state index in [2.05, 4.69) is 27.7 Å². The first-order valence-electron chi connectivity index (χ1n) is 6.36. The van der Waals surface area contributed by atoms with E-state index in [0.717, 1.165) is 25.9 Å². The SMILES string of the molecule is CC(C)CC(N)C(=O)N1CCCC(C)(C)C1. The van der Waals surface area contributed by atoms with Crippen LogP contribution in [0.3, 0.4) is 0 Å². The molecule has 1 unspecified atom stereocenters. The van der Waals surface area contributed by atoms with Crippen molar-refractivity contribution in [1.29, 1.82) is 0 Å². The lowest BCUT2D eigenvalue weighted by atomic mass is 9.84. The molecule has 1 amide bonds. The van der Waals surface area contributed by atoms with Gasteiger partial charge >= 0.3 is 0 Å². The first-order valence-corrected chi connectivity index (χ1v) is 6.36. The normalized spacial score (nSPS) is 22.2. The molecular weight excluding hydrogens is 200 g/mol. The second kappa shape index (κ2) is 5.17. The molecule has 1 rings (SSSR count). The molecular formula is C13H26N2O. The number of likely N-dealkylation sites (tertiary alicyclic amines) is 1. The van der Waals surface area contributed by atoms with Crippen molar-refractivity contribution in [2.75, 3.05) is 13.1 Å². The lowest BCUT2D eigenvalue weighted by Crippen LogP contribution is -2.50. The Bertz CT molecular complexity index is 248. The van der Waals surface area contributed by atoms with Crippen molar-refractivity contribution in [2.45, 2.75) is 53.0 Å². The number of hydrogen-bond donors (Lipinski definition) is 1. The highest BCUT2D eigenvalue weighted by Crippen LogP contribution is 2.28. The summed E-state index contributed by atoms with van der Waals surface area (Å²) in [6.45, 7) is 10.4. The molecule has 0 aromatic carbocycles. The van der Waals surface area contributed by atoms with E-state index in [0.29, 0.717) is 5.92 Å². The molecule has 3 heteroatoms. The molecule has 1 aliphatic heterocycles. The number of carbonyl (C=O) groups is 1. The monoisotopic (exact) mass is 226 g/mol. The van der Waals surface area contributed by atoms with Gasteiger partial charge in [-0.15, -0.1) is 0 Å². The Hall–Kier alpha value is -0.570. The number of piperidine rings is 1. The van der Waals surface area contributed by atoms with E-state index in [9.17, 15) is 4.79 Å². The van der Waals surface area contributed by atoms with Gasteiger partial charge in [-0.3, -0.25) is 4.79 Å². The minimum absolute atomic E-state index is 0.140. The molecule has 94 valence electrons. The Labute approximate surface area is 99.4 Å². The summed E-state index contributed by atoms with van der Waals surface area (Å²) < 4.78 is 0. The number of rotatable bonds is 3. The maximum atomic E-state index is 12.1. The molecule has 0 aromatic rings. The van der Waals surface area contributed by atoms with Gasteiger partial charge in [0.1, 0.15) is 0 Å². The van der Waals surface area contributed by atoms with Crippen LogP contribution in [0, 0.1) is 11.3 Å². The van der Waals surface area contributed by atoms with Crippen LogP contribution < -0.4 is 5.73 Å². The Kier molecular flexibility index (Phi) is 4.36. The number of hydrogen-bond acceptors (Lipinski definition) is 2. The summed E-state index contributed by atoms with van der Waals surface area (Å²) in [5.74, 6) is 0.623. The summed E-state index contributed by atoms with van der Waals surface area (Å²) in [5, 5.41) is 0. The van der Waals surface area contributed by atoms with E-state index < -0.39 is 0 Å². The van der Waals surface area contributed by atoms with Crippen molar-refractivity contribution in [3.8, 4) is 0 Å². The number of nitrogens with two attached hydrogens (primary N) is 1. The first-order chi connectivity index (χ1) is 7.32. The van der Waals surface area contributed by atoms with Crippen LogP contribution in [-0.2, 0) is 4.79 Å². The summed E-state index contributed by atoms with van der Waals surface area (Å²) in [6, 6.07) is -0.311. The molecule has 0 aliphatic carbocycles. The molecule has 3 nitrogen and oxygen atoms in total. The van der Waals surface area contributed by atoms with Gasteiger partial charge in [0.25, 0.3) is 0 Å². The largest absolute Gasteiger partial charge is 0.341 e. The van der Waals surface area contributed by atoms with Gasteiger partial charge in [-0.05, 0) is 30.6 Å². The van der Waals surface area contributed by atoms with Crippen LogP contribution in [0.15, 0.2) is 0 Å². The average molecular weight is 226 g/mol. The van der Waals surface area contributed by atoms with E-state index in [1.54, 1.807) is 0 Å². The number of amides is 1. The molecule has 0 aromatic heterocycles. The summed E-state index contributed by atoms with van der Waals surface area (Å²) in [5.41, 5.74) is 6.20. The third-order valence-corrected chi connectivity index (χ3v) is 3.25. The molecule has 1 atom stereocenters. The summed E-state index contributed by atoms with van der Waals surface area (Å²) in [6.07, 6.45) is 3.10. The van der Waals surface area contributed by atoms with Gasteiger partial charge < -0.3 is 10.6 Å². The number of carbonyl (C=O) groups excluding carboxylic acids is 1. The van der Waals surface area contributed by atoms with Gasteiger partial charge in [0.2, 0.25) is 5.91 Å². The van der Waals surface area contributed by atoms with Gasteiger partial charge in [0.15, 0.2) is 0 Å². The van der Waals surface area contributed by atoms with Crippen molar-refractivity contribution in [2.24, 2.45) is 17.1 Å². The van der Waals surface area contributed by atoms with Crippen LogP contribution in [0.25, 0.3) is 0 Å². The lowest BCUT2D eigenvalue weighted by molar-refractivity contribution is -0.136. The zero-order chi connectivity index (χ0) is 12.3. The molecule has 0 radical (unpaired) electrons. The zero-order valence-electron chi connectivity index (χ0n) is 11.1. The molecule has 0 saturated carbocycles. The van der Waals surface area contributed by atoms with Gasteiger partial charge in [-0.1, -0.05) is 27.7 Å². The van der Waals surface area contributed by atoms with Crippen molar-refractivity contribution < 1.29 is 4.79 Å². The molecule has 0 bridgehead atoms. The van der Waals surface area contributed by atoms with E-state index in [4.69, 9.17) is 5.73 Å². The highest BCUT2D eigenvalue weighted by atomic mass is 16.2. The third-order valence-electron chi connectivity index (χ3n) is 3.25. The standard InChI is InChI=1S/C13H26N2O/c1-10(2)8-11(14)12(16)15-7-5-6-13(3,4)9-15/h10-11H,5-9,14H2,1-4H3. The predicted molar refractivity (Wildman–Crippen MR) is 67.0 cm³/mol. The fourth-order valence-corrected chi connectivity index (χ4v) is 2.45. The topological polar surface area (TPSA) is 46.3 Å². The number of nitrogens with zero attached hydrogens (tertiary/aromatic N) is 1. The Balaban J connectivity index is 2.53. The van der Waals surface area contributed by atoms with Crippen LogP contribution in [-0.4, -0.2) is 29.9 Å². The fraction of sp³-hybridized carbons (Fsp3) is 0.923. The second-order valence-corrected chi connectivity index (χ2v) is 6.26. The minimum atomic E-state index is -0.311.